The van der Waals surface area contributed by atoms with Gasteiger partial charge in [-0.1, -0.05) is 0 Å². The summed E-state index contributed by atoms with van der Waals surface area (Å²) in [5.74, 6) is 1.59. The smallest absolute Gasteiger partial charge is 0.147 e. The molecule has 1 saturated heterocycles. The van der Waals surface area contributed by atoms with Gasteiger partial charge >= 0.3 is 0 Å². The number of hydrogen-bond donors (Lipinski definition) is 1. The summed E-state index contributed by atoms with van der Waals surface area (Å²) < 4.78 is 0. The molecule has 1 aromatic heterocycles. The van der Waals surface area contributed by atoms with E-state index in [4.69, 9.17) is 5.73 Å². The van der Waals surface area contributed by atoms with Gasteiger partial charge in [-0.15, -0.1) is 0 Å². The van der Waals surface area contributed by atoms with Crippen molar-refractivity contribution in [2.24, 2.45) is 11.7 Å². The first-order chi connectivity index (χ1) is 6.90. The van der Waals surface area contributed by atoms with Crippen LogP contribution in [0.3, 0.4) is 0 Å². The van der Waals surface area contributed by atoms with E-state index in [2.05, 4.69) is 14.9 Å². The Morgan fingerprint density at radius 2 is 2.43 bits per heavy atom. The summed E-state index contributed by atoms with van der Waals surface area (Å²) in [6.45, 7) is 2.88. The SMILES string of the molecule is NC[C@H]1CCCN(c2cnccn2)C1. The highest BCUT2D eigenvalue weighted by Gasteiger charge is 2.19. The molecule has 4 nitrogen and oxygen atoms in total. The van der Waals surface area contributed by atoms with E-state index in [1.807, 2.05) is 6.20 Å². The summed E-state index contributed by atoms with van der Waals surface area (Å²) in [4.78, 5) is 10.6. The summed E-state index contributed by atoms with van der Waals surface area (Å²) in [6.07, 6.45) is 7.71. The summed E-state index contributed by atoms with van der Waals surface area (Å²) in [5.41, 5.74) is 5.68. The van der Waals surface area contributed by atoms with Crippen LogP contribution in [0.25, 0.3) is 0 Å². The Labute approximate surface area is 84.2 Å². The molecule has 0 radical (unpaired) electrons. The maximum atomic E-state index is 5.68. The molecule has 0 aromatic carbocycles. The minimum absolute atomic E-state index is 0.616. The first-order valence-electron chi connectivity index (χ1n) is 5.11. The summed E-state index contributed by atoms with van der Waals surface area (Å²) in [6, 6.07) is 0. The van der Waals surface area contributed by atoms with Gasteiger partial charge < -0.3 is 10.6 Å². The summed E-state index contributed by atoms with van der Waals surface area (Å²) in [7, 11) is 0. The Kier molecular flexibility index (Phi) is 2.93. The van der Waals surface area contributed by atoms with Crippen molar-refractivity contribution in [1.29, 1.82) is 0 Å². The topological polar surface area (TPSA) is 55.0 Å². The van der Waals surface area contributed by atoms with Gasteiger partial charge in [-0.2, -0.15) is 0 Å². The fraction of sp³-hybridized carbons (Fsp3) is 0.600. The lowest BCUT2D eigenvalue weighted by molar-refractivity contribution is 0.421. The Balaban J connectivity index is 2.04. The third kappa shape index (κ3) is 2.01. The molecule has 1 aliphatic rings. The van der Waals surface area contributed by atoms with E-state index in [1.54, 1.807) is 12.4 Å². The van der Waals surface area contributed by atoms with Crippen molar-refractivity contribution < 1.29 is 0 Å². The number of nitrogens with zero attached hydrogens (tertiary/aromatic N) is 3. The molecule has 76 valence electrons. The van der Waals surface area contributed by atoms with Crippen molar-refractivity contribution in [3.05, 3.63) is 18.6 Å². The summed E-state index contributed by atoms with van der Waals surface area (Å²) >= 11 is 0. The molecule has 0 saturated carbocycles. The molecule has 1 fully saturated rings. The van der Waals surface area contributed by atoms with E-state index in [1.165, 1.54) is 12.8 Å². The molecule has 2 heterocycles. The number of rotatable bonds is 2. The zero-order chi connectivity index (χ0) is 9.80. The monoisotopic (exact) mass is 192 g/mol. The van der Waals surface area contributed by atoms with Gasteiger partial charge in [0.2, 0.25) is 0 Å². The fourth-order valence-corrected chi connectivity index (χ4v) is 1.92. The van der Waals surface area contributed by atoms with Crippen molar-refractivity contribution in [2.75, 3.05) is 24.5 Å². The Morgan fingerprint density at radius 1 is 1.50 bits per heavy atom. The van der Waals surface area contributed by atoms with Gasteiger partial charge in [0.25, 0.3) is 0 Å². The quantitative estimate of drug-likeness (QED) is 0.747. The highest BCUT2D eigenvalue weighted by molar-refractivity contribution is 5.35. The standard InChI is InChI=1S/C10H16N4/c11-6-9-2-1-5-14(8-9)10-7-12-3-4-13-10/h3-4,7,9H,1-2,5-6,8,11H2/t9-/m1/s1. The van der Waals surface area contributed by atoms with Crippen LogP contribution in [-0.2, 0) is 0 Å². The molecule has 0 aliphatic carbocycles. The molecule has 0 spiro atoms. The predicted molar refractivity (Wildman–Crippen MR) is 56.0 cm³/mol. The Morgan fingerprint density at radius 3 is 3.14 bits per heavy atom. The van der Waals surface area contributed by atoms with Gasteiger partial charge in [0.15, 0.2) is 0 Å². The zero-order valence-corrected chi connectivity index (χ0v) is 8.26. The van der Waals surface area contributed by atoms with Crippen molar-refractivity contribution in [3.8, 4) is 0 Å². The molecule has 1 aromatic rings. The van der Waals surface area contributed by atoms with Crippen molar-refractivity contribution in [2.45, 2.75) is 12.8 Å². The molecule has 0 amide bonds. The molecule has 1 atom stereocenters. The van der Waals surface area contributed by atoms with Crippen LogP contribution in [0.4, 0.5) is 5.82 Å². The lowest BCUT2D eigenvalue weighted by Gasteiger charge is -2.32. The number of hydrogen-bond acceptors (Lipinski definition) is 4. The van der Waals surface area contributed by atoms with E-state index in [-0.39, 0.29) is 0 Å². The van der Waals surface area contributed by atoms with Gasteiger partial charge in [-0.05, 0) is 25.3 Å². The maximum Gasteiger partial charge on any atom is 0.147 e. The van der Waals surface area contributed by atoms with E-state index in [0.29, 0.717) is 5.92 Å². The number of anilines is 1. The fourth-order valence-electron chi connectivity index (χ4n) is 1.92. The molecule has 14 heavy (non-hydrogen) atoms. The van der Waals surface area contributed by atoms with Gasteiger partial charge in [0.05, 0.1) is 6.20 Å². The normalized spacial score (nSPS) is 22.4. The molecule has 4 heteroatoms. The third-order valence-corrected chi connectivity index (χ3v) is 2.73. The second kappa shape index (κ2) is 4.37. The molecule has 2 rings (SSSR count). The lowest BCUT2D eigenvalue weighted by Crippen LogP contribution is -2.38. The van der Waals surface area contributed by atoms with Gasteiger partial charge in [0.1, 0.15) is 5.82 Å². The average Bonchev–Trinajstić information content (AvgIpc) is 2.30. The van der Waals surface area contributed by atoms with Crippen LogP contribution in [0.5, 0.6) is 0 Å². The van der Waals surface area contributed by atoms with E-state index >= 15 is 0 Å². The first-order valence-corrected chi connectivity index (χ1v) is 5.11. The largest absolute Gasteiger partial charge is 0.355 e. The van der Waals surface area contributed by atoms with Crippen molar-refractivity contribution in [3.63, 3.8) is 0 Å². The van der Waals surface area contributed by atoms with E-state index < -0.39 is 0 Å². The molecular formula is C10H16N4. The maximum absolute atomic E-state index is 5.68. The van der Waals surface area contributed by atoms with Crippen LogP contribution >= 0.6 is 0 Å². The Bertz CT molecular complexity index is 275. The van der Waals surface area contributed by atoms with Crippen LogP contribution in [0.2, 0.25) is 0 Å². The Hall–Kier alpha value is -1.16. The van der Waals surface area contributed by atoms with Crippen LogP contribution in [0.1, 0.15) is 12.8 Å². The summed E-state index contributed by atoms with van der Waals surface area (Å²) in [5, 5.41) is 0. The molecule has 0 unspecified atom stereocenters. The molecule has 1 aliphatic heterocycles. The predicted octanol–water partition coefficient (Wildman–Crippen LogP) is 0.652. The number of nitrogens with two attached hydrogens (primary N) is 1. The highest BCUT2D eigenvalue weighted by atomic mass is 15.2. The number of piperidine rings is 1. The second-order valence-electron chi connectivity index (χ2n) is 3.75. The van der Waals surface area contributed by atoms with Crippen LogP contribution in [0.15, 0.2) is 18.6 Å². The van der Waals surface area contributed by atoms with Gasteiger partial charge in [0, 0.05) is 25.5 Å². The minimum atomic E-state index is 0.616. The van der Waals surface area contributed by atoms with Crippen LogP contribution < -0.4 is 10.6 Å². The first kappa shape index (κ1) is 9.40. The molecule has 2 N–H and O–H groups in total. The number of aromatic nitrogens is 2. The highest BCUT2D eigenvalue weighted by Crippen LogP contribution is 2.19. The van der Waals surface area contributed by atoms with Gasteiger partial charge in [-0.25, -0.2) is 4.98 Å². The van der Waals surface area contributed by atoms with E-state index in [9.17, 15) is 0 Å². The van der Waals surface area contributed by atoms with Crippen molar-refractivity contribution in [1.82, 2.24) is 9.97 Å². The van der Waals surface area contributed by atoms with Crippen molar-refractivity contribution >= 4 is 5.82 Å². The zero-order valence-electron chi connectivity index (χ0n) is 8.26. The van der Waals surface area contributed by atoms with Crippen LogP contribution in [-0.4, -0.2) is 29.6 Å². The third-order valence-electron chi connectivity index (χ3n) is 2.73. The lowest BCUT2D eigenvalue weighted by atomic mass is 9.98. The minimum Gasteiger partial charge on any atom is -0.355 e. The molecule has 0 bridgehead atoms. The average molecular weight is 192 g/mol. The van der Waals surface area contributed by atoms with Crippen LogP contribution in [0, 0.1) is 5.92 Å². The van der Waals surface area contributed by atoms with E-state index in [0.717, 1.165) is 25.5 Å². The van der Waals surface area contributed by atoms with Gasteiger partial charge in [-0.3, -0.25) is 4.98 Å². The molecular weight excluding hydrogens is 176 g/mol. The second-order valence-corrected chi connectivity index (χ2v) is 3.75.